The Hall–Kier alpha value is -1.60. The van der Waals surface area contributed by atoms with Crippen molar-refractivity contribution >= 4 is 15.9 Å². The van der Waals surface area contributed by atoms with Crippen LogP contribution < -0.4 is 20.1 Å². The van der Waals surface area contributed by atoms with Crippen LogP contribution in [0.3, 0.4) is 0 Å². The average molecular weight is 437 g/mol. The van der Waals surface area contributed by atoms with Crippen LogP contribution in [-0.4, -0.2) is 38.0 Å². The van der Waals surface area contributed by atoms with Crippen molar-refractivity contribution in [1.29, 1.82) is 0 Å². The molecule has 0 aliphatic heterocycles. The molecule has 6 heteroatoms. The maximum atomic E-state index is 8.75. The summed E-state index contributed by atoms with van der Waals surface area (Å²) in [5, 5.41) is 15.3. The SMILES string of the molecule is CCOc1cc(CNCCNCCO)cc(Br)c1OCc1cccc(C)c1. The fourth-order valence-corrected chi connectivity index (χ4v) is 3.30. The Morgan fingerprint density at radius 2 is 1.81 bits per heavy atom. The highest BCUT2D eigenvalue weighted by molar-refractivity contribution is 9.10. The number of rotatable bonds is 12. The van der Waals surface area contributed by atoms with Crippen LogP contribution >= 0.6 is 15.9 Å². The molecule has 0 fully saturated rings. The van der Waals surface area contributed by atoms with E-state index < -0.39 is 0 Å². The molecule has 148 valence electrons. The smallest absolute Gasteiger partial charge is 0.175 e. The first kappa shape index (κ1) is 21.7. The van der Waals surface area contributed by atoms with Gasteiger partial charge >= 0.3 is 0 Å². The maximum absolute atomic E-state index is 8.75. The molecule has 0 heterocycles. The molecule has 3 N–H and O–H groups in total. The number of hydrogen-bond donors (Lipinski definition) is 3. The van der Waals surface area contributed by atoms with E-state index in [2.05, 4.69) is 57.8 Å². The van der Waals surface area contributed by atoms with Gasteiger partial charge in [-0.2, -0.15) is 0 Å². The van der Waals surface area contributed by atoms with Gasteiger partial charge in [0, 0.05) is 26.2 Å². The largest absolute Gasteiger partial charge is 0.490 e. The lowest BCUT2D eigenvalue weighted by Gasteiger charge is -2.16. The standard InChI is InChI=1S/C21H29BrN2O3/c1-3-26-20-13-18(14-24-8-7-23-9-10-25)12-19(22)21(20)27-15-17-6-4-5-16(2)11-17/h4-6,11-13,23-25H,3,7-10,14-15H2,1-2H3. The van der Waals surface area contributed by atoms with Crippen molar-refractivity contribution in [2.45, 2.75) is 27.0 Å². The molecule has 2 aromatic carbocycles. The van der Waals surface area contributed by atoms with Gasteiger partial charge in [-0.15, -0.1) is 0 Å². The third kappa shape index (κ3) is 7.50. The van der Waals surface area contributed by atoms with Crippen molar-refractivity contribution in [3.8, 4) is 11.5 Å². The Balaban J connectivity index is 1.99. The lowest BCUT2D eigenvalue weighted by Crippen LogP contribution is -2.28. The topological polar surface area (TPSA) is 62.8 Å². The zero-order valence-corrected chi connectivity index (χ0v) is 17.6. The van der Waals surface area contributed by atoms with Crippen LogP contribution in [0, 0.1) is 6.92 Å². The number of hydrogen-bond acceptors (Lipinski definition) is 5. The highest BCUT2D eigenvalue weighted by atomic mass is 79.9. The highest BCUT2D eigenvalue weighted by Gasteiger charge is 2.12. The number of halogens is 1. The summed E-state index contributed by atoms with van der Waals surface area (Å²) in [7, 11) is 0. The first-order valence-electron chi connectivity index (χ1n) is 9.30. The van der Waals surface area contributed by atoms with Gasteiger partial charge in [-0.1, -0.05) is 29.8 Å². The fourth-order valence-electron chi connectivity index (χ4n) is 2.70. The van der Waals surface area contributed by atoms with E-state index in [1.807, 2.05) is 19.1 Å². The Bertz CT molecular complexity index is 710. The molecule has 0 unspecified atom stereocenters. The van der Waals surface area contributed by atoms with Gasteiger partial charge in [0.25, 0.3) is 0 Å². The van der Waals surface area contributed by atoms with E-state index in [1.165, 1.54) is 5.56 Å². The molecule has 0 saturated heterocycles. The van der Waals surface area contributed by atoms with E-state index in [9.17, 15) is 0 Å². The maximum Gasteiger partial charge on any atom is 0.175 e. The molecule has 5 nitrogen and oxygen atoms in total. The van der Waals surface area contributed by atoms with Crippen molar-refractivity contribution < 1.29 is 14.6 Å². The first-order chi connectivity index (χ1) is 13.1. The second-order valence-corrected chi connectivity index (χ2v) is 7.12. The van der Waals surface area contributed by atoms with E-state index >= 15 is 0 Å². The molecule has 0 spiro atoms. The first-order valence-corrected chi connectivity index (χ1v) is 10.1. The van der Waals surface area contributed by atoms with Gasteiger partial charge in [0.05, 0.1) is 17.7 Å². The molecule has 0 amide bonds. The zero-order valence-electron chi connectivity index (χ0n) is 16.1. The van der Waals surface area contributed by atoms with Crippen molar-refractivity contribution in [3.05, 3.63) is 57.6 Å². The summed E-state index contributed by atoms with van der Waals surface area (Å²) in [6.45, 7) is 8.28. The summed E-state index contributed by atoms with van der Waals surface area (Å²) in [6, 6.07) is 12.4. The molecule has 0 atom stereocenters. The van der Waals surface area contributed by atoms with E-state index in [0.29, 0.717) is 19.8 Å². The van der Waals surface area contributed by atoms with E-state index in [1.54, 1.807) is 0 Å². The summed E-state index contributed by atoms with van der Waals surface area (Å²) >= 11 is 3.63. The Morgan fingerprint density at radius 3 is 2.56 bits per heavy atom. The molecule has 0 aliphatic carbocycles. The molecule has 0 radical (unpaired) electrons. The van der Waals surface area contributed by atoms with Gasteiger partial charge in [-0.3, -0.25) is 0 Å². The quantitative estimate of drug-likeness (QED) is 0.445. The van der Waals surface area contributed by atoms with Crippen LogP contribution in [0.15, 0.2) is 40.9 Å². The van der Waals surface area contributed by atoms with Gasteiger partial charge in [0.15, 0.2) is 11.5 Å². The lowest BCUT2D eigenvalue weighted by atomic mass is 10.1. The van der Waals surface area contributed by atoms with Gasteiger partial charge in [-0.25, -0.2) is 0 Å². The Kier molecular flexibility index (Phi) is 9.62. The highest BCUT2D eigenvalue weighted by Crippen LogP contribution is 2.37. The van der Waals surface area contributed by atoms with Crippen LogP contribution in [0.4, 0.5) is 0 Å². The molecule has 2 aromatic rings. The van der Waals surface area contributed by atoms with Gasteiger partial charge < -0.3 is 25.2 Å². The second kappa shape index (κ2) is 12.0. The molecular formula is C21H29BrN2O3. The predicted octanol–water partition coefficient (Wildman–Crippen LogP) is 3.41. The number of aliphatic hydroxyl groups excluding tert-OH is 1. The summed E-state index contributed by atoms with van der Waals surface area (Å²) in [5.74, 6) is 1.47. The van der Waals surface area contributed by atoms with E-state index in [-0.39, 0.29) is 6.61 Å². The normalized spacial score (nSPS) is 10.8. The number of aliphatic hydroxyl groups is 1. The minimum absolute atomic E-state index is 0.161. The summed E-state index contributed by atoms with van der Waals surface area (Å²) < 4.78 is 12.8. The number of nitrogens with one attached hydrogen (secondary N) is 2. The van der Waals surface area contributed by atoms with Crippen LogP contribution in [0.2, 0.25) is 0 Å². The predicted molar refractivity (Wildman–Crippen MR) is 112 cm³/mol. The minimum atomic E-state index is 0.161. The Labute approximate surface area is 170 Å². The molecule has 27 heavy (non-hydrogen) atoms. The molecule has 2 rings (SSSR count). The Morgan fingerprint density at radius 1 is 1.00 bits per heavy atom. The zero-order chi connectivity index (χ0) is 19.5. The van der Waals surface area contributed by atoms with Gasteiger partial charge in [0.1, 0.15) is 6.61 Å². The van der Waals surface area contributed by atoms with Crippen molar-refractivity contribution in [2.24, 2.45) is 0 Å². The molecular weight excluding hydrogens is 408 g/mol. The van der Waals surface area contributed by atoms with Crippen molar-refractivity contribution in [3.63, 3.8) is 0 Å². The van der Waals surface area contributed by atoms with Crippen molar-refractivity contribution in [2.75, 3.05) is 32.8 Å². The fraction of sp³-hybridized carbons (Fsp3) is 0.429. The third-order valence-electron chi connectivity index (χ3n) is 3.93. The lowest BCUT2D eigenvalue weighted by molar-refractivity contribution is 0.267. The van der Waals surface area contributed by atoms with Gasteiger partial charge in [-0.05, 0) is 53.0 Å². The van der Waals surface area contributed by atoms with Gasteiger partial charge in [0.2, 0.25) is 0 Å². The van der Waals surface area contributed by atoms with Crippen LogP contribution in [0.25, 0.3) is 0 Å². The third-order valence-corrected chi connectivity index (χ3v) is 4.52. The molecule has 0 aliphatic rings. The minimum Gasteiger partial charge on any atom is -0.490 e. The van der Waals surface area contributed by atoms with Crippen LogP contribution in [0.5, 0.6) is 11.5 Å². The second-order valence-electron chi connectivity index (χ2n) is 6.27. The number of aryl methyl sites for hydroxylation is 1. The average Bonchev–Trinajstić information content (AvgIpc) is 2.64. The molecule has 0 saturated carbocycles. The summed E-state index contributed by atoms with van der Waals surface area (Å²) in [5.41, 5.74) is 3.47. The number of ether oxygens (including phenoxy) is 2. The van der Waals surface area contributed by atoms with Crippen LogP contribution in [0.1, 0.15) is 23.6 Å². The summed E-state index contributed by atoms with van der Waals surface area (Å²) in [4.78, 5) is 0. The molecule has 0 aromatic heterocycles. The number of benzene rings is 2. The van der Waals surface area contributed by atoms with Crippen molar-refractivity contribution in [1.82, 2.24) is 10.6 Å². The monoisotopic (exact) mass is 436 g/mol. The molecule has 0 bridgehead atoms. The van der Waals surface area contributed by atoms with E-state index in [0.717, 1.165) is 46.7 Å². The van der Waals surface area contributed by atoms with E-state index in [4.69, 9.17) is 14.6 Å². The summed E-state index contributed by atoms with van der Waals surface area (Å²) in [6.07, 6.45) is 0. The van der Waals surface area contributed by atoms with Crippen LogP contribution in [-0.2, 0) is 13.2 Å².